The van der Waals surface area contributed by atoms with Crippen molar-refractivity contribution in [3.8, 4) is 0 Å². The normalized spacial score (nSPS) is 10.6. The molecule has 4 nitrogen and oxygen atoms in total. The van der Waals surface area contributed by atoms with E-state index in [4.69, 9.17) is 0 Å². The number of nitrogens with zero attached hydrogens (tertiary/aromatic N) is 2. The molecule has 0 saturated heterocycles. The first-order valence-electron chi connectivity index (χ1n) is 5.80. The van der Waals surface area contributed by atoms with Crippen molar-refractivity contribution in [2.75, 3.05) is 5.32 Å². The van der Waals surface area contributed by atoms with Crippen molar-refractivity contribution in [3.63, 3.8) is 0 Å². The zero-order chi connectivity index (χ0) is 13.2. The van der Waals surface area contributed by atoms with Crippen LogP contribution in [0.3, 0.4) is 0 Å². The first-order chi connectivity index (χ1) is 9.24. The van der Waals surface area contributed by atoms with Crippen LogP contribution in [0.15, 0.2) is 42.0 Å². The number of benzene rings is 1. The highest BCUT2D eigenvalue weighted by atomic mass is 32.1. The number of para-hydroxylation sites is 1. The minimum atomic E-state index is -0.115. The van der Waals surface area contributed by atoms with E-state index < -0.39 is 0 Å². The molecule has 1 aromatic carbocycles. The Hall–Kier alpha value is -2.27. The number of aryl methyl sites for hydroxylation is 1. The summed E-state index contributed by atoms with van der Waals surface area (Å²) < 4.78 is 0. The van der Waals surface area contributed by atoms with Crippen molar-refractivity contribution < 1.29 is 4.79 Å². The molecule has 2 aromatic heterocycles. The Labute approximate surface area is 114 Å². The van der Waals surface area contributed by atoms with E-state index in [1.54, 1.807) is 12.4 Å². The highest BCUT2D eigenvalue weighted by Crippen LogP contribution is 2.21. The monoisotopic (exact) mass is 269 g/mol. The quantitative estimate of drug-likeness (QED) is 0.777. The molecule has 94 valence electrons. The molecule has 1 N–H and O–H groups in total. The number of hydrogen-bond acceptors (Lipinski definition) is 4. The lowest BCUT2D eigenvalue weighted by molar-refractivity contribution is 0.103. The largest absolute Gasteiger partial charge is 0.319 e. The number of fused-ring (bicyclic) bond motifs is 1. The van der Waals surface area contributed by atoms with Gasteiger partial charge in [-0.15, -0.1) is 11.3 Å². The SMILES string of the molecule is Cc1csc(C(=O)Nc2cccc3nccnc23)c1. The predicted octanol–water partition coefficient (Wildman–Crippen LogP) is 3.25. The minimum absolute atomic E-state index is 0.115. The highest BCUT2D eigenvalue weighted by Gasteiger charge is 2.10. The second-order valence-electron chi connectivity index (χ2n) is 4.17. The molecule has 0 atom stereocenters. The fourth-order valence-electron chi connectivity index (χ4n) is 1.83. The summed E-state index contributed by atoms with van der Waals surface area (Å²) in [5, 5.41) is 4.84. The third-order valence-electron chi connectivity index (χ3n) is 2.70. The fraction of sp³-hybridized carbons (Fsp3) is 0.0714. The second kappa shape index (κ2) is 4.78. The Morgan fingerprint density at radius 1 is 1.26 bits per heavy atom. The summed E-state index contributed by atoms with van der Waals surface area (Å²) in [6, 6.07) is 7.42. The molecule has 0 aliphatic heterocycles. The Bertz CT molecular complexity index is 746. The second-order valence-corrected chi connectivity index (χ2v) is 5.08. The van der Waals surface area contributed by atoms with Gasteiger partial charge in [-0.1, -0.05) is 6.07 Å². The van der Waals surface area contributed by atoms with Gasteiger partial charge >= 0.3 is 0 Å². The summed E-state index contributed by atoms with van der Waals surface area (Å²) >= 11 is 1.43. The molecule has 3 rings (SSSR count). The zero-order valence-corrected chi connectivity index (χ0v) is 11.1. The molecular formula is C14H11N3OS. The highest BCUT2D eigenvalue weighted by molar-refractivity contribution is 7.12. The topological polar surface area (TPSA) is 54.9 Å². The predicted molar refractivity (Wildman–Crippen MR) is 76.5 cm³/mol. The Morgan fingerprint density at radius 3 is 2.89 bits per heavy atom. The van der Waals surface area contributed by atoms with Crippen LogP contribution in [0.25, 0.3) is 11.0 Å². The Kier molecular flexibility index (Phi) is 2.97. The smallest absolute Gasteiger partial charge is 0.265 e. The molecular weight excluding hydrogens is 258 g/mol. The van der Waals surface area contributed by atoms with E-state index in [1.165, 1.54) is 11.3 Å². The van der Waals surface area contributed by atoms with E-state index in [-0.39, 0.29) is 5.91 Å². The third kappa shape index (κ3) is 2.32. The zero-order valence-electron chi connectivity index (χ0n) is 10.3. The number of aromatic nitrogens is 2. The van der Waals surface area contributed by atoms with E-state index in [9.17, 15) is 4.79 Å². The number of amides is 1. The molecule has 19 heavy (non-hydrogen) atoms. The maximum absolute atomic E-state index is 12.1. The Morgan fingerprint density at radius 2 is 2.11 bits per heavy atom. The number of anilines is 1. The van der Waals surface area contributed by atoms with Gasteiger partial charge in [0.25, 0.3) is 5.91 Å². The van der Waals surface area contributed by atoms with Crippen LogP contribution in [0.2, 0.25) is 0 Å². The van der Waals surface area contributed by atoms with Crippen LogP contribution in [0.1, 0.15) is 15.2 Å². The molecule has 2 heterocycles. The lowest BCUT2D eigenvalue weighted by Gasteiger charge is -2.06. The molecule has 0 spiro atoms. The molecule has 0 bridgehead atoms. The molecule has 0 unspecified atom stereocenters. The van der Waals surface area contributed by atoms with Crippen LogP contribution in [0.4, 0.5) is 5.69 Å². The van der Waals surface area contributed by atoms with E-state index >= 15 is 0 Å². The van der Waals surface area contributed by atoms with Gasteiger partial charge in [-0.2, -0.15) is 0 Å². The first-order valence-corrected chi connectivity index (χ1v) is 6.68. The van der Waals surface area contributed by atoms with Gasteiger partial charge in [0, 0.05) is 12.4 Å². The molecule has 0 aliphatic carbocycles. The van der Waals surface area contributed by atoms with Crippen molar-refractivity contribution >= 4 is 34.0 Å². The number of rotatable bonds is 2. The van der Waals surface area contributed by atoms with Crippen molar-refractivity contribution in [1.82, 2.24) is 9.97 Å². The summed E-state index contributed by atoms with van der Waals surface area (Å²) in [5.74, 6) is -0.115. The summed E-state index contributed by atoms with van der Waals surface area (Å²) in [6.45, 7) is 1.97. The van der Waals surface area contributed by atoms with Crippen molar-refractivity contribution in [3.05, 3.63) is 52.5 Å². The summed E-state index contributed by atoms with van der Waals surface area (Å²) in [6.07, 6.45) is 3.25. The number of carbonyl (C=O) groups is 1. The molecule has 0 aliphatic rings. The van der Waals surface area contributed by atoms with Crippen LogP contribution >= 0.6 is 11.3 Å². The van der Waals surface area contributed by atoms with Crippen LogP contribution in [0, 0.1) is 6.92 Å². The van der Waals surface area contributed by atoms with Crippen LogP contribution in [-0.2, 0) is 0 Å². The van der Waals surface area contributed by atoms with E-state index in [1.807, 2.05) is 36.6 Å². The molecule has 0 radical (unpaired) electrons. The summed E-state index contributed by atoms with van der Waals surface area (Å²) in [4.78, 5) is 21.3. The van der Waals surface area contributed by atoms with Crippen LogP contribution in [0.5, 0.6) is 0 Å². The maximum atomic E-state index is 12.1. The lowest BCUT2D eigenvalue weighted by atomic mass is 10.2. The minimum Gasteiger partial charge on any atom is -0.319 e. The van der Waals surface area contributed by atoms with Crippen molar-refractivity contribution in [1.29, 1.82) is 0 Å². The van der Waals surface area contributed by atoms with E-state index in [0.29, 0.717) is 16.1 Å². The van der Waals surface area contributed by atoms with Crippen molar-refractivity contribution in [2.45, 2.75) is 6.92 Å². The Balaban J connectivity index is 1.95. The van der Waals surface area contributed by atoms with Crippen LogP contribution in [-0.4, -0.2) is 15.9 Å². The van der Waals surface area contributed by atoms with Gasteiger partial charge in [-0.25, -0.2) is 0 Å². The van der Waals surface area contributed by atoms with E-state index in [2.05, 4.69) is 15.3 Å². The molecule has 0 fully saturated rings. The first kappa shape index (κ1) is 11.8. The van der Waals surface area contributed by atoms with Gasteiger partial charge in [-0.3, -0.25) is 14.8 Å². The number of hydrogen-bond donors (Lipinski definition) is 1. The number of carbonyl (C=O) groups excluding carboxylic acids is 1. The summed E-state index contributed by atoms with van der Waals surface area (Å²) in [5.41, 5.74) is 3.24. The van der Waals surface area contributed by atoms with Gasteiger partial charge in [0.05, 0.1) is 16.1 Å². The van der Waals surface area contributed by atoms with Gasteiger partial charge < -0.3 is 5.32 Å². The number of thiophene rings is 1. The third-order valence-corrected chi connectivity index (χ3v) is 3.75. The standard InChI is InChI=1S/C14H11N3OS/c1-9-7-12(19-8-9)14(18)17-11-4-2-3-10-13(11)16-6-5-15-10/h2-8H,1H3,(H,17,18). The van der Waals surface area contributed by atoms with E-state index in [0.717, 1.165) is 11.1 Å². The van der Waals surface area contributed by atoms with Gasteiger partial charge in [0.2, 0.25) is 0 Å². The molecule has 1 amide bonds. The van der Waals surface area contributed by atoms with Gasteiger partial charge in [0.1, 0.15) is 5.52 Å². The molecule has 5 heteroatoms. The average Bonchev–Trinajstić information content (AvgIpc) is 2.86. The van der Waals surface area contributed by atoms with Crippen LogP contribution < -0.4 is 5.32 Å². The maximum Gasteiger partial charge on any atom is 0.265 e. The van der Waals surface area contributed by atoms with Gasteiger partial charge in [-0.05, 0) is 36.1 Å². The van der Waals surface area contributed by atoms with Crippen molar-refractivity contribution in [2.24, 2.45) is 0 Å². The molecule has 0 saturated carbocycles. The van der Waals surface area contributed by atoms with Gasteiger partial charge in [0.15, 0.2) is 0 Å². The number of nitrogens with one attached hydrogen (secondary N) is 1. The fourth-order valence-corrected chi connectivity index (χ4v) is 2.62. The summed E-state index contributed by atoms with van der Waals surface area (Å²) in [7, 11) is 0. The molecule has 3 aromatic rings. The average molecular weight is 269 g/mol. The lowest BCUT2D eigenvalue weighted by Crippen LogP contribution is -2.10.